The molecular formula is C18H27N3O2S. The fourth-order valence-electron chi connectivity index (χ4n) is 2.60. The lowest BCUT2D eigenvalue weighted by Gasteiger charge is -2.22. The number of urea groups is 1. The topological polar surface area (TPSA) is 52.7 Å². The van der Waals surface area contributed by atoms with Gasteiger partial charge in [0.2, 0.25) is 5.91 Å². The Hall–Kier alpha value is -1.69. The van der Waals surface area contributed by atoms with Crippen molar-refractivity contribution in [2.24, 2.45) is 0 Å². The minimum atomic E-state index is -0.100. The van der Waals surface area contributed by atoms with Crippen LogP contribution in [0.5, 0.6) is 0 Å². The van der Waals surface area contributed by atoms with Crippen LogP contribution in [0.1, 0.15) is 34.1 Å². The zero-order valence-electron chi connectivity index (χ0n) is 15.0. The predicted octanol–water partition coefficient (Wildman–Crippen LogP) is 3.66. The van der Waals surface area contributed by atoms with Gasteiger partial charge in [-0.1, -0.05) is 20.8 Å². The Morgan fingerprint density at radius 3 is 2.17 bits per heavy atom. The van der Waals surface area contributed by atoms with Gasteiger partial charge in [-0.05, 0) is 30.7 Å². The first-order valence-corrected chi connectivity index (χ1v) is 9.17. The highest BCUT2D eigenvalue weighted by atomic mass is 32.2. The third-order valence-electron chi connectivity index (χ3n) is 3.76. The summed E-state index contributed by atoms with van der Waals surface area (Å²) in [7, 11) is 0. The lowest BCUT2D eigenvalue weighted by molar-refractivity contribution is -0.128. The highest BCUT2D eigenvalue weighted by Crippen LogP contribution is 2.32. The van der Waals surface area contributed by atoms with Gasteiger partial charge >= 0.3 is 6.03 Å². The van der Waals surface area contributed by atoms with Gasteiger partial charge in [0.15, 0.2) is 0 Å². The number of nitrogens with zero attached hydrogens (tertiary/aromatic N) is 2. The minimum Gasteiger partial charge on any atom is -0.341 e. The molecule has 0 bridgehead atoms. The molecule has 132 valence electrons. The number of nitrogens with one attached hydrogen (secondary N) is 1. The lowest BCUT2D eigenvalue weighted by Crippen LogP contribution is -2.38. The standard InChI is InChI=1S/C18H27N3O2S/c1-14(22)20-10-5-11-21(13-12-20)17(23)19-15-6-8-16(9-7-15)24-18(2,3)4/h6-9H,5,10-13H2,1-4H3,(H,19,23). The third kappa shape index (κ3) is 5.74. The van der Waals surface area contributed by atoms with Crippen molar-refractivity contribution in [1.82, 2.24) is 9.80 Å². The molecule has 1 fully saturated rings. The van der Waals surface area contributed by atoms with Crippen LogP contribution >= 0.6 is 11.8 Å². The normalized spacial score (nSPS) is 15.8. The maximum Gasteiger partial charge on any atom is 0.321 e. The van der Waals surface area contributed by atoms with Crippen molar-refractivity contribution in [3.8, 4) is 0 Å². The van der Waals surface area contributed by atoms with Crippen LogP contribution in [0, 0.1) is 0 Å². The van der Waals surface area contributed by atoms with Gasteiger partial charge in [0, 0.05) is 48.4 Å². The van der Waals surface area contributed by atoms with Crippen LogP contribution in [0.15, 0.2) is 29.2 Å². The van der Waals surface area contributed by atoms with Crippen LogP contribution in [0.3, 0.4) is 0 Å². The molecule has 2 rings (SSSR count). The maximum absolute atomic E-state index is 12.4. The highest BCUT2D eigenvalue weighted by Gasteiger charge is 2.20. The summed E-state index contributed by atoms with van der Waals surface area (Å²) < 4.78 is 0.166. The molecule has 24 heavy (non-hydrogen) atoms. The fourth-order valence-corrected chi connectivity index (χ4v) is 3.58. The van der Waals surface area contributed by atoms with Crippen LogP contribution in [-0.2, 0) is 4.79 Å². The van der Waals surface area contributed by atoms with E-state index in [0.29, 0.717) is 19.6 Å². The second kappa shape index (κ2) is 7.92. The first kappa shape index (κ1) is 18.6. The van der Waals surface area contributed by atoms with Crippen LogP contribution in [0.2, 0.25) is 0 Å². The molecule has 1 aliphatic heterocycles. The van der Waals surface area contributed by atoms with Gasteiger partial charge in [-0.25, -0.2) is 4.79 Å². The van der Waals surface area contributed by atoms with E-state index in [1.165, 1.54) is 4.90 Å². The molecule has 1 aromatic carbocycles. The van der Waals surface area contributed by atoms with Gasteiger partial charge in [-0.2, -0.15) is 0 Å². The van der Waals surface area contributed by atoms with Crippen LogP contribution in [0.4, 0.5) is 10.5 Å². The molecule has 0 unspecified atom stereocenters. The number of anilines is 1. The van der Waals surface area contributed by atoms with Crippen molar-refractivity contribution >= 4 is 29.4 Å². The van der Waals surface area contributed by atoms with E-state index >= 15 is 0 Å². The molecule has 1 N–H and O–H groups in total. The quantitative estimate of drug-likeness (QED) is 0.829. The Morgan fingerprint density at radius 1 is 1.00 bits per heavy atom. The molecule has 1 saturated heterocycles. The summed E-state index contributed by atoms with van der Waals surface area (Å²) in [4.78, 5) is 28.6. The molecule has 0 aromatic heterocycles. The summed E-state index contributed by atoms with van der Waals surface area (Å²) in [6.07, 6.45) is 0.814. The average Bonchev–Trinajstić information content (AvgIpc) is 2.74. The second-order valence-electron chi connectivity index (χ2n) is 7.02. The number of amides is 3. The van der Waals surface area contributed by atoms with Crippen molar-refractivity contribution in [2.75, 3.05) is 31.5 Å². The van der Waals surface area contributed by atoms with Gasteiger partial charge in [0.1, 0.15) is 0 Å². The van der Waals surface area contributed by atoms with Gasteiger partial charge in [0.05, 0.1) is 0 Å². The molecule has 5 nitrogen and oxygen atoms in total. The monoisotopic (exact) mass is 349 g/mol. The Kier molecular flexibility index (Phi) is 6.15. The number of rotatable bonds is 2. The molecule has 1 aromatic rings. The van der Waals surface area contributed by atoms with Gasteiger partial charge in [0.25, 0.3) is 0 Å². The molecule has 6 heteroatoms. The largest absolute Gasteiger partial charge is 0.341 e. The van der Waals surface area contributed by atoms with Gasteiger partial charge < -0.3 is 15.1 Å². The molecule has 0 atom stereocenters. The van der Waals surface area contributed by atoms with E-state index in [4.69, 9.17) is 0 Å². The molecule has 3 amide bonds. The Balaban J connectivity index is 1.91. The zero-order chi connectivity index (χ0) is 17.7. The number of carbonyl (C=O) groups is 2. The van der Waals surface area contributed by atoms with E-state index in [2.05, 4.69) is 26.1 Å². The molecule has 1 heterocycles. The Bertz CT molecular complexity index is 581. The predicted molar refractivity (Wildman–Crippen MR) is 99.5 cm³/mol. The number of carbonyl (C=O) groups excluding carboxylic acids is 2. The van der Waals surface area contributed by atoms with E-state index in [9.17, 15) is 9.59 Å². The first-order chi connectivity index (χ1) is 11.2. The number of benzene rings is 1. The van der Waals surface area contributed by atoms with Crippen molar-refractivity contribution in [3.63, 3.8) is 0 Å². The highest BCUT2D eigenvalue weighted by molar-refractivity contribution is 8.00. The summed E-state index contributed by atoms with van der Waals surface area (Å²) in [5, 5.41) is 2.95. The Labute approximate surface area is 148 Å². The summed E-state index contributed by atoms with van der Waals surface area (Å²) in [5.41, 5.74) is 0.797. The zero-order valence-corrected chi connectivity index (χ0v) is 15.8. The average molecular weight is 350 g/mol. The minimum absolute atomic E-state index is 0.0733. The fraction of sp³-hybridized carbons (Fsp3) is 0.556. The van der Waals surface area contributed by atoms with Crippen LogP contribution < -0.4 is 5.32 Å². The van der Waals surface area contributed by atoms with Crippen molar-refractivity contribution in [1.29, 1.82) is 0 Å². The van der Waals surface area contributed by atoms with E-state index < -0.39 is 0 Å². The number of thioether (sulfide) groups is 1. The summed E-state index contributed by atoms with van der Waals surface area (Å²) in [5.74, 6) is 0.0733. The van der Waals surface area contributed by atoms with Gasteiger partial charge in [-0.3, -0.25) is 4.79 Å². The first-order valence-electron chi connectivity index (χ1n) is 8.35. The summed E-state index contributed by atoms with van der Waals surface area (Å²) >= 11 is 1.80. The molecule has 0 spiro atoms. The van der Waals surface area contributed by atoms with E-state index in [-0.39, 0.29) is 16.7 Å². The van der Waals surface area contributed by atoms with E-state index in [1.54, 1.807) is 28.5 Å². The van der Waals surface area contributed by atoms with Crippen molar-refractivity contribution < 1.29 is 9.59 Å². The van der Waals surface area contributed by atoms with Crippen molar-refractivity contribution in [3.05, 3.63) is 24.3 Å². The van der Waals surface area contributed by atoms with Gasteiger partial charge in [-0.15, -0.1) is 11.8 Å². The SMILES string of the molecule is CC(=O)N1CCCN(C(=O)Nc2ccc(SC(C)(C)C)cc2)CC1. The molecular weight excluding hydrogens is 322 g/mol. The van der Waals surface area contributed by atoms with Crippen LogP contribution in [0.25, 0.3) is 0 Å². The summed E-state index contributed by atoms with van der Waals surface area (Å²) in [6.45, 7) is 10.7. The lowest BCUT2D eigenvalue weighted by atomic mass is 10.3. The molecule has 1 aliphatic rings. The van der Waals surface area contributed by atoms with Crippen LogP contribution in [-0.4, -0.2) is 52.7 Å². The smallest absolute Gasteiger partial charge is 0.321 e. The molecule has 0 aliphatic carbocycles. The van der Waals surface area contributed by atoms with Crippen molar-refractivity contribution in [2.45, 2.75) is 43.8 Å². The van der Waals surface area contributed by atoms with E-state index in [0.717, 1.165) is 18.7 Å². The third-order valence-corrected chi connectivity index (χ3v) is 4.88. The molecule has 0 radical (unpaired) electrons. The number of hydrogen-bond acceptors (Lipinski definition) is 3. The van der Waals surface area contributed by atoms with E-state index in [1.807, 2.05) is 24.3 Å². The number of hydrogen-bond donors (Lipinski definition) is 1. The maximum atomic E-state index is 12.4. The Morgan fingerprint density at radius 2 is 1.58 bits per heavy atom. The summed E-state index contributed by atoms with van der Waals surface area (Å²) in [6, 6.07) is 7.84. The second-order valence-corrected chi connectivity index (χ2v) is 8.92. The molecule has 0 saturated carbocycles.